The minimum atomic E-state index is -4.36. The monoisotopic (exact) mass is 281 g/mol. The van der Waals surface area contributed by atoms with Gasteiger partial charge in [-0.05, 0) is 11.6 Å². The summed E-state index contributed by atoms with van der Waals surface area (Å²) in [6.45, 7) is 0. The Balaban J connectivity index is 2.67. The molecule has 0 saturated carbocycles. The highest BCUT2D eigenvalue weighted by molar-refractivity contribution is 7.78. The van der Waals surface area contributed by atoms with E-state index in [0.717, 1.165) is 6.07 Å². The van der Waals surface area contributed by atoms with E-state index in [4.69, 9.17) is 0 Å². The molecule has 98 valence electrons. The fourth-order valence-electron chi connectivity index (χ4n) is 1.87. The third-order valence-electron chi connectivity index (χ3n) is 2.65. The number of halogens is 4. The molecule has 0 aliphatic heterocycles. The van der Waals surface area contributed by atoms with Crippen molar-refractivity contribution in [3.8, 4) is 0 Å². The molecule has 0 aromatic heterocycles. The van der Waals surface area contributed by atoms with Crippen LogP contribution in [0.3, 0.4) is 0 Å². The number of hydrogen-bond donors (Lipinski definition) is 0. The normalized spacial score (nSPS) is 22.9. The SMILES string of the molecule is O=C1c2c(CS(=O)[O-])ccc(F)c2[C@@H](F)C1(F)F. The van der Waals surface area contributed by atoms with E-state index in [0.29, 0.717) is 6.07 Å². The van der Waals surface area contributed by atoms with E-state index >= 15 is 0 Å². The van der Waals surface area contributed by atoms with E-state index in [-0.39, 0.29) is 5.56 Å². The first-order valence-electron chi connectivity index (χ1n) is 4.70. The Morgan fingerprint density at radius 1 is 1.39 bits per heavy atom. The second kappa shape index (κ2) is 4.13. The largest absolute Gasteiger partial charge is 0.772 e. The molecular weight excluding hydrogens is 276 g/mol. The van der Waals surface area contributed by atoms with Crippen LogP contribution < -0.4 is 0 Å². The minimum Gasteiger partial charge on any atom is -0.772 e. The molecule has 18 heavy (non-hydrogen) atoms. The maximum absolute atomic E-state index is 13.4. The molecule has 1 aromatic rings. The number of hydrogen-bond acceptors (Lipinski definition) is 3. The topological polar surface area (TPSA) is 57.2 Å². The van der Waals surface area contributed by atoms with Gasteiger partial charge in [0.2, 0.25) is 5.78 Å². The molecule has 0 bridgehead atoms. The molecule has 0 heterocycles. The molecule has 1 aliphatic rings. The zero-order valence-electron chi connectivity index (χ0n) is 8.58. The van der Waals surface area contributed by atoms with Gasteiger partial charge >= 0.3 is 5.92 Å². The zero-order valence-corrected chi connectivity index (χ0v) is 9.40. The number of alkyl halides is 3. The summed E-state index contributed by atoms with van der Waals surface area (Å²) in [5, 5.41) is 0. The van der Waals surface area contributed by atoms with Crippen molar-refractivity contribution in [3.05, 3.63) is 34.6 Å². The Morgan fingerprint density at radius 2 is 2.00 bits per heavy atom. The van der Waals surface area contributed by atoms with Gasteiger partial charge in [-0.3, -0.25) is 9.00 Å². The highest BCUT2D eigenvalue weighted by Crippen LogP contribution is 2.47. The highest BCUT2D eigenvalue weighted by Gasteiger charge is 2.58. The molecule has 0 fully saturated rings. The van der Waals surface area contributed by atoms with Crippen molar-refractivity contribution in [2.24, 2.45) is 0 Å². The summed E-state index contributed by atoms with van der Waals surface area (Å²) in [6.07, 6.45) is -3.08. The van der Waals surface area contributed by atoms with Gasteiger partial charge in [0.25, 0.3) is 0 Å². The van der Waals surface area contributed by atoms with Crippen LogP contribution in [-0.2, 0) is 16.8 Å². The second-order valence-corrected chi connectivity index (χ2v) is 4.65. The second-order valence-electron chi connectivity index (χ2n) is 3.76. The van der Waals surface area contributed by atoms with E-state index in [1.165, 1.54) is 0 Å². The number of ketones is 1. The van der Waals surface area contributed by atoms with E-state index in [1.54, 1.807) is 0 Å². The lowest BCUT2D eigenvalue weighted by molar-refractivity contribution is -0.0372. The lowest BCUT2D eigenvalue weighted by Gasteiger charge is -2.09. The Hall–Kier alpha value is -1.28. The summed E-state index contributed by atoms with van der Waals surface area (Å²) in [5.41, 5.74) is -2.26. The van der Waals surface area contributed by atoms with Crippen LogP contribution in [0.25, 0.3) is 0 Å². The molecule has 0 amide bonds. The Morgan fingerprint density at radius 3 is 2.56 bits per heavy atom. The van der Waals surface area contributed by atoms with Crippen LogP contribution in [0.1, 0.15) is 27.7 Å². The fourth-order valence-corrected chi connectivity index (χ4v) is 2.36. The molecule has 0 N–H and O–H groups in total. The summed E-state index contributed by atoms with van der Waals surface area (Å²) >= 11 is -2.66. The van der Waals surface area contributed by atoms with Gasteiger partial charge in [-0.1, -0.05) is 17.1 Å². The van der Waals surface area contributed by atoms with E-state index < -0.39 is 51.7 Å². The maximum Gasteiger partial charge on any atom is 0.344 e. The van der Waals surface area contributed by atoms with Gasteiger partial charge in [0.15, 0.2) is 6.17 Å². The van der Waals surface area contributed by atoms with Crippen LogP contribution in [0, 0.1) is 5.82 Å². The summed E-state index contributed by atoms with van der Waals surface area (Å²) in [7, 11) is 0. The van der Waals surface area contributed by atoms with Gasteiger partial charge in [0.1, 0.15) is 5.82 Å². The predicted octanol–water partition coefficient (Wildman–Crippen LogP) is 2.05. The van der Waals surface area contributed by atoms with Crippen molar-refractivity contribution in [3.63, 3.8) is 0 Å². The maximum atomic E-state index is 13.4. The van der Waals surface area contributed by atoms with Crippen LogP contribution >= 0.6 is 0 Å². The molecule has 0 saturated heterocycles. The van der Waals surface area contributed by atoms with Crippen LogP contribution in [0.5, 0.6) is 0 Å². The average molecular weight is 281 g/mol. The van der Waals surface area contributed by atoms with Crippen molar-refractivity contribution < 1.29 is 31.1 Å². The van der Waals surface area contributed by atoms with Crippen molar-refractivity contribution in [2.75, 3.05) is 0 Å². The van der Waals surface area contributed by atoms with Crippen LogP contribution in [-0.4, -0.2) is 20.5 Å². The smallest absolute Gasteiger partial charge is 0.344 e. The van der Waals surface area contributed by atoms with Gasteiger partial charge in [-0.25, -0.2) is 8.78 Å². The predicted molar refractivity (Wildman–Crippen MR) is 52.2 cm³/mol. The van der Waals surface area contributed by atoms with Crippen LogP contribution in [0.15, 0.2) is 12.1 Å². The summed E-state index contributed by atoms with van der Waals surface area (Å²) < 4.78 is 74.0. The molecule has 0 radical (unpaired) electrons. The molecule has 0 spiro atoms. The van der Waals surface area contributed by atoms with Crippen molar-refractivity contribution in [1.29, 1.82) is 0 Å². The lowest BCUT2D eigenvalue weighted by atomic mass is 10.0. The zero-order chi connectivity index (χ0) is 13.7. The van der Waals surface area contributed by atoms with Gasteiger partial charge < -0.3 is 4.55 Å². The number of carbonyl (C=O) groups excluding carboxylic acids is 1. The van der Waals surface area contributed by atoms with Crippen molar-refractivity contribution >= 4 is 16.9 Å². The van der Waals surface area contributed by atoms with E-state index in [1.807, 2.05) is 0 Å². The first kappa shape index (κ1) is 13.2. The number of rotatable bonds is 2. The van der Waals surface area contributed by atoms with Crippen LogP contribution in [0.2, 0.25) is 0 Å². The van der Waals surface area contributed by atoms with E-state index in [2.05, 4.69) is 0 Å². The quantitative estimate of drug-likeness (QED) is 0.615. The Kier molecular flexibility index (Phi) is 3.02. The van der Waals surface area contributed by atoms with Gasteiger partial charge in [-0.15, -0.1) is 0 Å². The number of Topliss-reactive ketones (excluding diaryl/α,β-unsaturated/α-hetero) is 1. The fraction of sp³-hybridized carbons (Fsp3) is 0.300. The van der Waals surface area contributed by atoms with Gasteiger partial charge in [0.05, 0.1) is 0 Å². The van der Waals surface area contributed by atoms with Gasteiger partial charge in [-0.2, -0.15) is 8.78 Å². The standard InChI is InChI=1S/C10H6F4O3S/c11-5-2-1-4(3-18(16)17)6-7(5)8(12)10(13,14)9(6)15/h1-2,8H,3H2,(H,16,17)/p-1/t8-/m1/s1. The Labute approximate surface area is 101 Å². The molecule has 1 aliphatic carbocycles. The third-order valence-corrected chi connectivity index (χ3v) is 3.20. The lowest BCUT2D eigenvalue weighted by Crippen LogP contribution is -2.26. The molecule has 8 heteroatoms. The third kappa shape index (κ3) is 1.76. The molecule has 2 rings (SSSR count). The average Bonchev–Trinajstić information content (AvgIpc) is 2.44. The molecule has 2 atom stereocenters. The molecule has 1 aromatic carbocycles. The molecule has 1 unspecified atom stereocenters. The summed E-state index contributed by atoms with van der Waals surface area (Å²) in [4.78, 5) is 11.3. The highest BCUT2D eigenvalue weighted by atomic mass is 32.2. The Bertz CT molecular complexity index is 558. The van der Waals surface area contributed by atoms with Crippen molar-refractivity contribution in [1.82, 2.24) is 0 Å². The van der Waals surface area contributed by atoms with E-state index in [9.17, 15) is 31.1 Å². The first-order valence-corrected chi connectivity index (χ1v) is 5.95. The van der Waals surface area contributed by atoms with Crippen LogP contribution in [0.4, 0.5) is 17.6 Å². The summed E-state index contributed by atoms with van der Waals surface area (Å²) in [6, 6.07) is 1.55. The summed E-state index contributed by atoms with van der Waals surface area (Å²) in [5.74, 6) is -8.28. The van der Waals surface area contributed by atoms with Crippen molar-refractivity contribution in [2.45, 2.75) is 17.8 Å². The number of benzene rings is 1. The van der Waals surface area contributed by atoms with Gasteiger partial charge in [0, 0.05) is 16.9 Å². The molecular formula is C10H5F4O3S-. The number of carbonyl (C=O) groups is 1. The molecule has 3 nitrogen and oxygen atoms in total. The minimum absolute atomic E-state index is 0.329. The number of fused-ring (bicyclic) bond motifs is 1. The first-order chi connectivity index (χ1) is 8.26.